The van der Waals surface area contributed by atoms with Crippen LogP contribution in [0.5, 0.6) is 0 Å². The van der Waals surface area contributed by atoms with E-state index >= 15 is 0 Å². The molecular weight excluding hydrogens is 304 g/mol. The highest BCUT2D eigenvalue weighted by Gasteiger charge is 2.41. The lowest BCUT2D eigenvalue weighted by Crippen LogP contribution is -2.47. The van der Waals surface area contributed by atoms with Gasteiger partial charge in [-0.05, 0) is 46.5 Å². The zero-order valence-corrected chi connectivity index (χ0v) is 15.5. The van der Waals surface area contributed by atoms with Gasteiger partial charge in [-0.3, -0.25) is 9.89 Å². The fourth-order valence-electron chi connectivity index (χ4n) is 4.24. The summed E-state index contributed by atoms with van der Waals surface area (Å²) in [6.45, 7) is 11.4. The Hall–Kier alpha value is -0.850. The zero-order chi connectivity index (χ0) is 16.9. The maximum atomic E-state index is 5.93. The number of guanidine groups is 1. The van der Waals surface area contributed by atoms with Crippen LogP contribution in [0.4, 0.5) is 0 Å². The average molecular weight is 338 g/mol. The van der Waals surface area contributed by atoms with Gasteiger partial charge >= 0.3 is 0 Å². The molecule has 0 saturated carbocycles. The fourth-order valence-corrected chi connectivity index (χ4v) is 4.24. The Labute approximate surface area is 146 Å². The topological polar surface area (TPSA) is 58.1 Å². The van der Waals surface area contributed by atoms with E-state index in [4.69, 9.17) is 14.5 Å². The molecule has 3 heterocycles. The van der Waals surface area contributed by atoms with Gasteiger partial charge in [0.2, 0.25) is 0 Å². The summed E-state index contributed by atoms with van der Waals surface area (Å²) in [5.74, 6) is 0.947. The third kappa shape index (κ3) is 4.83. The van der Waals surface area contributed by atoms with Crippen molar-refractivity contribution >= 4 is 5.96 Å². The molecule has 3 aliphatic heterocycles. The van der Waals surface area contributed by atoms with Crippen molar-refractivity contribution in [3.8, 4) is 0 Å². The number of fused-ring (bicyclic) bond motifs is 2. The lowest BCUT2D eigenvalue weighted by molar-refractivity contribution is -0.0679. The van der Waals surface area contributed by atoms with Crippen molar-refractivity contribution in [3.63, 3.8) is 0 Å². The summed E-state index contributed by atoms with van der Waals surface area (Å²) < 4.78 is 11.7. The number of ether oxygens (including phenoxy) is 2. The molecule has 3 rings (SSSR count). The molecule has 2 bridgehead atoms. The first-order valence-corrected chi connectivity index (χ1v) is 9.72. The van der Waals surface area contributed by atoms with E-state index in [-0.39, 0.29) is 0 Å². The Kier molecular flexibility index (Phi) is 6.36. The van der Waals surface area contributed by atoms with Crippen LogP contribution in [0.25, 0.3) is 0 Å². The van der Waals surface area contributed by atoms with Gasteiger partial charge in [0.15, 0.2) is 5.96 Å². The maximum Gasteiger partial charge on any atom is 0.191 e. The van der Waals surface area contributed by atoms with Crippen LogP contribution in [0.15, 0.2) is 4.99 Å². The molecule has 0 amide bonds. The van der Waals surface area contributed by atoms with E-state index in [1.807, 2.05) is 0 Å². The fraction of sp³-hybridized carbons (Fsp3) is 0.944. The Morgan fingerprint density at radius 3 is 2.58 bits per heavy atom. The molecule has 0 aliphatic carbocycles. The lowest BCUT2D eigenvalue weighted by Gasteiger charge is -2.35. The monoisotopic (exact) mass is 338 g/mol. The smallest absolute Gasteiger partial charge is 0.191 e. The van der Waals surface area contributed by atoms with Gasteiger partial charge in [0.05, 0.1) is 30.5 Å². The van der Waals surface area contributed by atoms with Crippen molar-refractivity contribution < 1.29 is 9.47 Å². The summed E-state index contributed by atoms with van der Waals surface area (Å²) in [7, 11) is 0. The Bertz CT molecular complexity index is 421. The quantitative estimate of drug-likeness (QED) is 0.435. The first-order chi connectivity index (χ1) is 11.6. The molecule has 0 spiro atoms. The molecule has 0 aromatic rings. The number of aliphatic imine (C=N–C) groups is 1. The van der Waals surface area contributed by atoms with Crippen molar-refractivity contribution in [1.29, 1.82) is 0 Å². The number of hydrogen-bond acceptors (Lipinski definition) is 4. The number of nitrogens with zero attached hydrogens (tertiary/aromatic N) is 2. The van der Waals surface area contributed by atoms with E-state index in [2.05, 4.69) is 36.3 Å². The minimum absolute atomic E-state index is 0.342. The predicted octanol–water partition coefficient (Wildman–Crippen LogP) is 1.36. The second-order valence-electron chi connectivity index (χ2n) is 7.49. The molecular formula is C18H34N4O2. The number of hydrogen-bond donors (Lipinski definition) is 2. The largest absolute Gasteiger partial charge is 0.373 e. The maximum absolute atomic E-state index is 5.93. The third-order valence-electron chi connectivity index (χ3n) is 5.17. The molecule has 3 fully saturated rings. The van der Waals surface area contributed by atoms with E-state index in [1.54, 1.807) is 0 Å². The van der Waals surface area contributed by atoms with Gasteiger partial charge in [0, 0.05) is 32.7 Å². The van der Waals surface area contributed by atoms with Gasteiger partial charge < -0.3 is 20.1 Å². The van der Waals surface area contributed by atoms with Crippen LogP contribution in [0, 0.1) is 0 Å². The minimum Gasteiger partial charge on any atom is -0.373 e. The second kappa shape index (κ2) is 8.50. The van der Waals surface area contributed by atoms with Gasteiger partial charge in [-0.15, -0.1) is 0 Å². The van der Waals surface area contributed by atoms with Crippen LogP contribution in [0.2, 0.25) is 0 Å². The molecule has 6 nitrogen and oxygen atoms in total. The molecule has 0 radical (unpaired) electrons. The molecule has 24 heavy (non-hydrogen) atoms. The summed E-state index contributed by atoms with van der Waals surface area (Å²) in [6.07, 6.45) is 6.17. The molecule has 6 heteroatoms. The second-order valence-corrected chi connectivity index (χ2v) is 7.49. The standard InChI is InChI=1S/C18H34N4O2/c1-4-19-18(21-16-10-15-6-7-17(16)24-15)20-8-5-9-22-11-13(2)23-14(3)12-22/h13-17H,4-12H2,1-3H3,(H2,19,20,21). The van der Waals surface area contributed by atoms with Crippen molar-refractivity contribution in [2.45, 2.75) is 76.9 Å². The molecule has 3 saturated heterocycles. The van der Waals surface area contributed by atoms with Crippen LogP contribution in [0.3, 0.4) is 0 Å². The van der Waals surface area contributed by atoms with Crippen LogP contribution >= 0.6 is 0 Å². The highest BCUT2D eigenvalue weighted by Crippen LogP contribution is 2.34. The SMILES string of the molecule is CCNC(=NCCCN1CC(C)OC(C)C1)NC1CC2CCC1O2. The molecule has 3 aliphatic rings. The van der Waals surface area contributed by atoms with Gasteiger partial charge in [-0.25, -0.2) is 0 Å². The first-order valence-electron chi connectivity index (χ1n) is 9.72. The highest BCUT2D eigenvalue weighted by atomic mass is 16.5. The van der Waals surface area contributed by atoms with E-state index in [1.165, 1.54) is 12.8 Å². The van der Waals surface area contributed by atoms with Crippen LogP contribution < -0.4 is 10.6 Å². The Morgan fingerprint density at radius 2 is 1.96 bits per heavy atom. The Balaban J connectivity index is 1.40. The average Bonchev–Trinajstić information content (AvgIpc) is 3.13. The zero-order valence-electron chi connectivity index (χ0n) is 15.5. The van der Waals surface area contributed by atoms with Crippen LogP contribution in [-0.2, 0) is 9.47 Å². The molecule has 138 valence electrons. The molecule has 2 N–H and O–H groups in total. The van der Waals surface area contributed by atoms with E-state index in [9.17, 15) is 0 Å². The first kappa shape index (κ1) is 18.0. The summed E-state index contributed by atoms with van der Waals surface area (Å²) in [4.78, 5) is 7.26. The highest BCUT2D eigenvalue weighted by molar-refractivity contribution is 5.80. The normalized spacial score (nSPS) is 37.0. The van der Waals surface area contributed by atoms with Gasteiger partial charge in [-0.1, -0.05) is 0 Å². The molecule has 0 aromatic heterocycles. The summed E-state index contributed by atoms with van der Waals surface area (Å²) in [5, 5.41) is 6.95. The van der Waals surface area contributed by atoms with E-state index in [0.717, 1.165) is 51.5 Å². The summed E-state index contributed by atoms with van der Waals surface area (Å²) in [5.41, 5.74) is 0. The predicted molar refractivity (Wildman–Crippen MR) is 96.5 cm³/mol. The number of nitrogens with one attached hydrogen (secondary N) is 2. The third-order valence-corrected chi connectivity index (χ3v) is 5.17. The summed E-state index contributed by atoms with van der Waals surface area (Å²) >= 11 is 0. The molecule has 0 aromatic carbocycles. The van der Waals surface area contributed by atoms with Gasteiger partial charge in [0.25, 0.3) is 0 Å². The van der Waals surface area contributed by atoms with Crippen LogP contribution in [-0.4, -0.2) is 74.0 Å². The number of morpholine rings is 1. The molecule has 5 atom stereocenters. The van der Waals surface area contributed by atoms with Gasteiger partial charge in [-0.2, -0.15) is 0 Å². The van der Waals surface area contributed by atoms with Crippen molar-refractivity contribution in [3.05, 3.63) is 0 Å². The van der Waals surface area contributed by atoms with Crippen molar-refractivity contribution in [2.24, 2.45) is 4.99 Å². The van der Waals surface area contributed by atoms with Crippen molar-refractivity contribution in [1.82, 2.24) is 15.5 Å². The van der Waals surface area contributed by atoms with Gasteiger partial charge in [0.1, 0.15) is 0 Å². The van der Waals surface area contributed by atoms with E-state index < -0.39 is 0 Å². The molecule has 5 unspecified atom stereocenters. The minimum atomic E-state index is 0.342. The van der Waals surface area contributed by atoms with E-state index in [0.29, 0.717) is 30.5 Å². The lowest BCUT2D eigenvalue weighted by atomic mass is 9.96. The Morgan fingerprint density at radius 1 is 1.17 bits per heavy atom. The van der Waals surface area contributed by atoms with Crippen LogP contribution in [0.1, 0.15) is 46.5 Å². The van der Waals surface area contributed by atoms with Crippen molar-refractivity contribution in [2.75, 3.05) is 32.7 Å². The summed E-state index contributed by atoms with van der Waals surface area (Å²) in [6, 6.07) is 0.433. The number of rotatable bonds is 6.